The van der Waals surface area contributed by atoms with E-state index in [-0.39, 0.29) is 12.0 Å². The van der Waals surface area contributed by atoms with E-state index in [0.717, 1.165) is 11.3 Å². The Hall–Kier alpha value is -1.82. The highest BCUT2D eigenvalue weighted by molar-refractivity contribution is 7.80. The van der Waals surface area contributed by atoms with Gasteiger partial charge in [-0.15, -0.1) is 0 Å². The minimum absolute atomic E-state index is 0.235. The van der Waals surface area contributed by atoms with Crippen LogP contribution in [-0.4, -0.2) is 35.9 Å². The number of rotatable bonds is 1. The van der Waals surface area contributed by atoms with E-state index in [4.69, 9.17) is 21.7 Å². The van der Waals surface area contributed by atoms with Crippen molar-refractivity contribution in [3.05, 3.63) is 29.8 Å². The summed E-state index contributed by atoms with van der Waals surface area (Å²) < 4.78 is 11.1. The van der Waals surface area contributed by atoms with Gasteiger partial charge in [0.05, 0.1) is 13.2 Å². The number of carbonyl (C=O) groups is 1. The number of esters is 1. The maximum absolute atomic E-state index is 12.2. The monoisotopic (exact) mass is 292 g/mol. The van der Waals surface area contributed by atoms with Gasteiger partial charge < -0.3 is 19.7 Å². The summed E-state index contributed by atoms with van der Waals surface area (Å²) in [6, 6.07) is 7.44. The Morgan fingerprint density at radius 2 is 2.20 bits per heavy atom. The molecule has 2 aliphatic rings. The van der Waals surface area contributed by atoms with Crippen molar-refractivity contribution in [2.75, 3.05) is 14.2 Å². The Bertz CT molecular complexity index is 592. The van der Waals surface area contributed by atoms with Crippen molar-refractivity contribution >= 4 is 23.3 Å². The number of benzene rings is 1. The van der Waals surface area contributed by atoms with E-state index in [1.807, 2.05) is 38.2 Å². The normalized spacial score (nSPS) is 30.9. The summed E-state index contributed by atoms with van der Waals surface area (Å²) in [7, 11) is 3.20. The summed E-state index contributed by atoms with van der Waals surface area (Å²) >= 11 is 5.34. The lowest BCUT2D eigenvalue weighted by atomic mass is 9.80. The Balaban J connectivity index is 2.18. The van der Waals surface area contributed by atoms with E-state index in [2.05, 4.69) is 5.32 Å². The molecule has 2 aliphatic heterocycles. The van der Waals surface area contributed by atoms with E-state index in [1.165, 1.54) is 7.11 Å². The third kappa shape index (κ3) is 1.61. The fraction of sp³-hybridized carbons (Fsp3) is 0.429. The Labute approximate surface area is 122 Å². The van der Waals surface area contributed by atoms with Gasteiger partial charge in [-0.05, 0) is 25.2 Å². The fourth-order valence-electron chi connectivity index (χ4n) is 2.96. The van der Waals surface area contributed by atoms with Gasteiger partial charge in [0.15, 0.2) is 10.8 Å². The second-order valence-corrected chi connectivity index (χ2v) is 5.57. The van der Waals surface area contributed by atoms with Gasteiger partial charge in [-0.3, -0.25) is 4.79 Å². The molecule has 1 aromatic rings. The summed E-state index contributed by atoms with van der Waals surface area (Å²) in [6.07, 6.45) is 0. The van der Waals surface area contributed by atoms with Crippen LogP contribution in [0.1, 0.15) is 18.5 Å². The van der Waals surface area contributed by atoms with Gasteiger partial charge in [0.25, 0.3) is 0 Å². The van der Waals surface area contributed by atoms with Gasteiger partial charge in [0, 0.05) is 12.6 Å². The molecule has 0 aromatic heterocycles. The first kappa shape index (κ1) is 13.2. The summed E-state index contributed by atoms with van der Waals surface area (Å²) in [6.45, 7) is 1.87. The lowest BCUT2D eigenvalue weighted by Crippen LogP contribution is -2.70. The van der Waals surface area contributed by atoms with E-state index < -0.39 is 11.6 Å². The maximum atomic E-state index is 12.2. The van der Waals surface area contributed by atoms with Crippen LogP contribution in [0.25, 0.3) is 0 Å². The molecule has 5 nitrogen and oxygen atoms in total. The SMILES string of the molecule is COC(=O)C1C2NC(=S)N(C)[C@@]1(C)Oc1ccccc12. The zero-order valence-corrected chi connectivity index (χ0v) is 12.4. The van der Waals surface area contributed by atoms with E-state index in [0.29, 0.717) is 5.11 Å². The van der Waals surface area contributed by atoms with Crippen molar-refractivity contribution in [1.82, 2.24) is 10.2 Å². The Morgan fingerprint density at radius 3 is 2.90 bits per heavy atom. The molecule has 2 bridgehead atoms. The quantitative estimate of drug-likeness (QED) is 0.624. The molecule has 106 valence electrons. The van der Waals surface area contributed by atoms with Crippen molar-refractivity contribution in [3.8, 4) is 5.75 Å². The molecule has 6 heteroatoms. The fourth-order valence-corrected chi connectivity index (χ4v) is 3.26. The van der Waals surface area contributed by atoms with E-state index in [9.17, 15) is 4.79 Å². The van der Waals surface area contributed by atoms with Crippen LogP contribution in [0.5, 0.6) is 5.75 Å². The predicted molar refractivity (Wildman–Crippen MR) is 77.2 cm³/mol. The molecule has 2 unspecified atom stereocenters. The van der Waals surface area contributed by atoms with Crippen molar-refractivity contribution < 1.29 is 14.3 Å². The number of thiocarbonyl (C=S) groups is 1. The topological polar surface area (TPSA) is 50.8 Å². The summed E-state index contributed by atoms with van der Waals surface area (Å²) in [5.74, 6) is -0.0324. The van der Waals surface area contributed by atoms with Gasteiger partial charge in [-0.1, -0.05) is 18.2 Å². The van der Waals surface area contributed by atoms with Crippen LogP contribution in [0.4, 0.5) is 0 Å². The second-order valence-electron chi connectivity index (χ2n) is 5.18. The average Bonchev–Trinajstić information content (AvgIpc) is 2.44. The number of para-hydroxylation sites is 1. The molecular weight excluding hydrogens is 276 g/mol. The van der Waals surface area contributed by atoms with Gasteiger partial charge in [-0.25, -0.2) is 0 Å². The number of nitrogens with one attached hydrogen (secondary N) is 1. The third-order valence-electron chi connectivity index (χ3n) is 4.19. The van der Waals surface area contributed by atoms with Gasteiger partial charge in [0.2, 0.25) is 0 Å². The molecule has 0 saturated carbocycles. The highest BCUT2D eigenvalue weighted by atomic mass is 32.1. The zero-order chi connectivity index (χ0) is 14.5. The largest absolute Gasteiger partial charge is 0.469 e. The molecule has 3 atom stereocenters. The number of hydrogen-bond donors (Lipinski definition) is 1. The second kappa shape index (κ2) is 4.34. The lowest BCUT2D eigenvalue weighted by molar-refractivity contribution is -0.170. The number of fused-ring (bicyclic) bond motifs is 4. The Morgan fingerprint density at radius 1 is 1.50 bits per heavy atom. The van der Waals surface area contributed by atoms with Crippen molar-refractivity contribution in [2.45, 2.75) is 18.7 Å². The molecule has 1 fully saturated rings. The average molecular weight is 292 g/mol. The molecule has 0 amide bonds. The third-order valence-corrected chi connectivity index (χ3v) is 4.58. The van der Waals surface area contributed by atoms with Gasteiger partial charge in [0.1, 0.15) is 11.7 Å². The molecular formula is C14H16N2O3S. The smallest absolute Gasteiger partial charge is 0.317 e. The van der Waals surface area contributed by atoms with Crippen molar-refractivity contribution in [2.24, 2.45) is 5.92 Å². The first-order chi connectivity index (χ1) is 9.49. The van der Waals surface area contributed by atoms with Crippen LogP contribution in [0.3, 0.4) is 0 Å². The van der Waals surface area contributed by atoms with E-state index >= 15 is 0 Å². The number of carbonyl (C=O) groups excluding carboxylic acids is 1. The standard InChI is InChI=1S/C14H16N2O3S/c1-14-10(12(17)18-3)11(15-13(20)16(14)2)8-6-4-5-7-9(8)19-14/h4-7,10-11H,1-3H3,(H,15,20)/t10?,11?,14-/m0/s1. The number of nitrogens with zero attached hydrogens (tertiary/aromatic N) is 1. The molecule has 1 saturated heterocycles. The minimum atomic E-state index is -0.853. The highest BCUT2D eigenvalue weighted by Crippen LogP contribution is 2.47. The molecule has 1 N–H and O–H groups in total. The Kier molecular flexibility index (Phi) is 2.86. The van der Waals surface area contributed by atoms with Crippen molar-refractivity contribution in [1.29, 1.82) is 0 Å². The van der Waals surface area contributed by atoms with Gasteiger partial charge >= 0.3 is 5.97 Å². The van der Waals surface area contributed by atoms with Crippen LogP contribution in [0, 0.1) is 5.92 Å². The molecule has 0 spiro atoms. The maximum Gasteiger partial charge on any atom is 0.317 e. The highest BCUT2D eigenvalue weighted by Gasteiger charge is 2.58. The number of ether oxygens (including phenoxy) is 2. The van der Waals surface area contributed by atoms with Crippen LogP contribution < -0.4 is 10.1 Å². The van der Waals surface area contributed by atoms with Crippen LogP contribution in [0.15, 0.2) is 24.3 Å². The molecule has 0 aliphatic carbocycles. The molecule has 20 heavy (non-hydrogen) atoms. The van der Waals surface area contributed by atoms with Crippen LogP contribution >= 0.6 is 12.2 Å². The van der Waals surface area contributed by atoms with Crippen LogP contribution in [0.2, 0.25) is 0 Å². The minimum Gasteiger partial charge on any atom is -0.469 e. The number of methoxy groups -OCH3 is 1. The van der Waals surface area contributed by atoms with E-state index in [1.54, 1.807) is 4.90 Å². The predicted octanol–water partition coefficient (Wildman–Crippen LogP) is 1.45. The summed E-state index contributed by atoms with van der Waals surface area (Å²) in [4.78, 5) is 14.0. The molecule has 1 aromatic carbocycles. The number of hydrogen-bond acceptors (Lipinski definition) is 4. The molecule has 0 radical (unpaired) electrons. The zero-order valence-electron chi connectivity index (χ0n) is 11.5. The van der Waals surface area contributed by atoms with Gasteiger partial charge in [-0.2, -0.15) is 0 Å². The lowest BCUT2D eigenvalue weighted by Gasteiger charge is -2.54. The first-order valence-electron chi connectivity index (χ1n) is 6.39. The van der Waals surface area contributed by atoms with Crippen LogP contribution in [-0.2, 0) is 9.53 Å². The summed E-state index contributed by atoms with van der Waals surface area (Å²) in [5, 5.41) is 3.78. The summed E-state index contributed by atoms with van der Waals surface area (Å²) in [5.41, 5.74) is 0.0740. The van der Waals surface area contributed by atoms with Crippen molar-refractivity contribution in [3.63, 3.8) is 0 Å². The molecule has 3 rings (SSSR count). The first-order valence-corrected chi connectivity index (χ1v) is 6.80. The molecule has 2 heterocycles.